The minimum absolute atomic E-state index is 0.228. The second-order valence-corrected chi connectivity index (χ2v) is 8.02. The van der Waals surface area contributed by atoms with Crippen LogP contribution in [0.1, 0.15) is 38.3 Å². The Balaban J connectivity index is 1.80. The molecule has 1 saturated heterocycles. The van der Waals surface area contributed by atoms with Crippen LogP contribution in [0.15, 0.2) is 52.4 Å². The zero-order chi connectivity index (χ0) is 23.1. The van der Waals surface area contributed by atoms with E-state index in [9.17, 15) is 14.7 Å². The Labute approximate surface area is 191 Å². The first-order valence-electron chi connectivity index (χ1n) is 10.5. The van der Waals surface area contributed by atoms with E-state index in [4.69, 9.17) is 9.47 Å². The molecule has 1 aliphatic heterocycles. The number of nitrogens with zero attached hydrogens (tertiary/aromatic N) is 1. The predicted octanol–water partition coefficient (Wildman–Crippen LogP) is 4.78. The molecule has 32 heavy (non-hydrogen) atoms. The van der Waals surface area contributed by atoms with E-state index in [2.05, 4.69) is 17.2 Å². The summed E-state index contributed by atoms with van der Waals surface area (Å²) >= 11 is 1.26. The summed E-state index contributed by atoms with van der Waals surface area (Å²) in [5.74, 6) is -0.482. The number of amides is 1. The van der Waals surface area contributed by atoms with Gasteiger partial charge in [0.15, 0.2) is 22.8 Å². The number of aliphatic carboxylic acids is 1. The smallest absolute Gasteiger partial charge is 0.344 e. The molecule has 1 heterocycles. The Morgan fingerprint density at radius 1 is 1.16 bits per heavy atom. The number of nitrogens with one attached hydrogen (secondary N) is 1. The highest BCUT2D eigenvalue weighted by Crippen LogP contribution is 2.33. The average Bonchev–Trinajstić information content (AvgIpc) is 3.12. The van der Waals surface area contributed by atoms with Crippen molar-refractivity contribution in [2.24, 2.45) is 4.99 Å². The van der Waals surface area contributed by atoms with Crippen molar-refractivity contribution >= 4 is 40.6 Å². The summed E-state index contributed by atoms with van der Waals surface area (Å²) in [6.45, 7) is 6.06. The molecule has 168 valence electrons. The van der Waals surface area contributed by atoms with Gasteiger partial charge in [-0.3, -0.25) is 4.79 Å². The minimum atomic E-state index is -1.03. The lowest BCUT2D eigenvalue weighted by molar-refractivity contribution is -0.145. The molecule has 2 N–H and O–H groups in total. The summed E-state index contributed by atoms with van der Waals surface area (Å²) in [6.07, 6.45) is 2.06. The normalized spacial score (nSPS) is 16.8. The van der Waals surface area contributed by atoms with Gasteiger partial charge in [-0.25, -0.2) is 9.79 Å². The molecular formula is C24H26N2O5S. The zero-order valence-electron chi connectivity index (χ0n) is 18.3. The highest BCUT2D eigenvalue weighted by atomic mass is 32.2. The Morgan fingerprint density at radius 2 is 1.91 bits per heavy atom. The van der Waals surface area contributed by atoms with Crippen LogP contribution in [0.3, 0.4) is 0 Å². The number of carbonyl (C=O) groups excluding carboxylic acids is 1. The molecule has 0 aliphatic carbocycles. The lowest BCUT2D eigenvalue weighted by atomic mass is 10.1. The van der Waals surface area contributed by atoms with Gasteiger partial charge < -0.3 is 19.9 Å². The number of ether oxygens (including phenoxy) is 2. The molecule has 0 spiro atoms. The highest BCUT2D eigenvalue weighted by molar-refractivity contribution is 8.18. The summed E-state index contributed by atoms with van der Waals surface area (Å²) in [5.41, 5.74) is 2.73. The van der Waals surface area contributed by atoms with Crippen molar-refractivity contribution in [3.05, 3.63) is 58.5 Å². The molecule has 3 rings (SSSR count). The van der Waals surface area contributed by atoms with Gasteiger partial charge >= 0.3 is 5.97 Å². The average molecular weight is 455 g/mol. The summed E-state index contributed by atoms with van der Waals surface area (Å²) in [4.78, 5) is 28.7. The fourth-order valence-electron chi connectivity index (χ4n) is 3.00. The first-order valence-corrected chi connectivity index (χ1v) is 11.3. The maximum absolute atomic E-state index is 12.4. The van der Waals surface area contributed by atoms with E-state index in [0.717, 1.165) is 17.7 Å². The van der Waals surface area contributed by atoms with Gasteiger partial charge in [-0.2, -0.15) is 0 Å². The van der Waals surface area contributed by atoms with Gasteiger partial charge in [0, 0.05) is 0 Å². The Kier molecular flexibility index (Phi) is 7.94. The Morgan fingerprint density at radius 3 is 2.53 bits per heavy atom. The second-order valence-electron chi connectivity index (χ2n) is 6.99. The van der Waals surface area contributed by atoms with Crippen molar-refractivity contribution in [2.45, 2.75) is 39.7 Å². The lowest BCUT2D eigenvalue weighted by Crippen LogP contribution is -2.26. The third kappa shape index (κ3) is 5.91. The number of aliphatic imine (C=N–C) groups is 1. The van der Waals surface area contributed by atoms with Gasteiger partial charge in [0.05, 0.1) is 17.2 Å². The molecule has 0 radical (unpaired) electrons. The molecule has 1 fully saturated rings. The van der Waals surface area contributed by atoms with Gasteiger partial charge in [0.2, 0.25) is 0 Å². The minimum Gasteiger partial charge on any atom is -0.490 e. The maximum atomic E-state index is 12.4. The Bertz CT molecular complexity index is 1050. The van der Waals surface area contributed by atoms with E-state index < -0.39 is 12.1 Å². The monoisotopic (exact) mass is 454 g/mol. The summed E-state index contributed by atoms with van der Waals surface area (Å²) in [6, 6.07) is 13.0. The number of benzene rings is 2. The first-order chi connectivity index (χ1) is 15.4. The number of carboxylic acid groups (broad SMARTS) is 1. The van der Waals surface area contributed by atoms with Crippen LogP contribution in [0.5, 0.6) is 11.5 Å². The van der Waals surface area contributed by atoms with E-state index in [1.54, 1.807) is 31.2 Å². The third-order valence-electron chi connectivity index (χ3n) is 4.71. The van der Waals surface area contributed by atoms with Crippen LogP contribution in [0.25, 0.3) is 6.08 Å². The second kappa shape index (κ2) is 10.9. The molecule has 1 amide bonds. The van der Waals surface area contributed by atoms with Crippen LogP contribution in [0.4, 0.5) is 5.69 Å². The number of aryl methyl sites for hydroxylation is 1. The fourth-order valence-corrected chi connectivity index (χ4v) is 3.84. The molecule has 1 aliphatic rings. The van der Waals surface area contributed by atoms with Crippen LogP contribution < -0.4 is 14.8 Å². The zero-order valence-corrected chi connectivity index (χ0v) is 19.1. The third-order valence-corrected chi connectivity index (χ3v) is 5.62. The summed E-state index contributed by atoms with van der Waals surface area (Å²) < 4.78 is 11.2. The number of rotatable bonds is 9. The molecule has 1 unspecified atom stereocenters. The highest BCUT2D eigenvalue weighted by Gasteiger charge is 2.24. The maximum Gasteiger partial charge on any atom is 0.344 e. The van der Waals surface area contributed by atoms with Crippen molar-refractivity contribution in [3.8, 4) is 11.5 Å². The van der Waals surface area contributed by atoms with E-state index in [-0.39, 0.29) is 5.91 Å². The molecule has 7 nitrogen and oxygen atoms in total. The van der Waals surface area contributed by atoms with E-state index in [0.29, 0.717) is 34.6 Å². The molecular weight excluding hydrogens is 428 g/mol. The van der Waals surface area contributed by atoms with Crippen LogP contribution in [-0.2, 0) is 16.0 Å². The van der Waals surface area contributed by atoms with Crippen molar-refractivity contribution in [1.82, 2.24) is 5.32 Å². The number of carbonyl (C=O) groups is 2. The number of carboxylic acids is 1. The molecule has 1 atom stereocenters. The molecule has 2 aromatic rings. The van der Waals surface area contributed by atoms with Crippen molar-refractivity contribution in [2.75, 3.05) is 6.61 Å². The van der Waals surface area contributed by atoms with Crippen LogP contribution in [-0.4, -0.2) is 34.9 Å². The van der Waals surface area contributed by atoms with Crippen molar-refractivity contribution < 1.29 is 24.2 Å². The van der Waals surface area contributed by atoms with Gasteiger partial charge in [-0.15, -0.1) is 0 Å². The number of amidine groups is 1. The molecule has 0 aromatic heterocycles. The van der Waals surface area contributed by atoms with Crippen LogP contribution >= 0.6 is 11.8 Å². The first kappa shape index (κ1) is 23.4. The van der Waals surface area contributed by atoms with E-state index in [1.807, 2.05) is 31.2 Å². The topological polar surface area (TPSA) is 97.2 Å². The molecule has 0 bridgehead atoms. The van der Waals surface area contributed by atoms with E-state index >= 15 is 0 Å². The van der Waals surface area contributed by atoms with Crippen LogP contribution in [0, 0.1) is 0 Å². The number of hydrogen-bond donors (Lipinski definition) is 2. The lowest BCUT2D eigenvalue weighted by Gasteiger charge is -2.16. The van der Waals surface area contributed by atoms with E-state index in [1.165, 1.54) is 17.3 Å². The molecule has 0 saturated carbocycles. The SMILES string of the molecule is CCOc1cc(/C=C2/SC(=Nc3ccc(CC)cc3)NC2=O)ccc1OC(CC)C(=O)O. The number of thioether (sulfide) groups is 1. The number of hydrogen-bond acceptors (Lipinski definition) is 6. The van der Waals surface area contributed by atoms with Gasteiger partial charge in [-0.05, 0) is 73.0 Å². The van der Waals surface area contributed by atoms with Gasteiger partial charge in [-0.1, -0.05) is 32.0 Å². The fraction of sp³-hybridized carbons (Fsp3) is 0.292. The summed E-state index contributed by atoms with van der Waals surface area (Å²) in [7, 11) is 0. The molecule has 2 aromatic carbocycles. The van der Waals surface area contributed by atoms with Crippen molar-refractivity contribution in [3.63, 3.8) is 0 Å². The largest absolute Gasteiger partial charge is 0.490 e. The Hall–Kier alpha value is -3.26. The standard InChI is InChI=1S/C24H26N2O5S/c1-4-15-7-10-17(11-8-15)25-24-26-22(27)21(32-24)14-16-9-12-19(20(13-16)30-6-3)31-18(5-2)23(28)29/h7-14,18H,4-6H2,1-3H3,(H,28,29)(H,25,26,27)/b21-14+. The summed E-state index contributed by atoms with van der Waals surface area (Å²) in [5, 5.41) is 12.6. The van der Waals surface area contributed by atoms with Crippen molar-refractivity contribution in [1.29, 1.82) is 0 Å². The van der Waals surface area contributed by atoms with Gasteiger partial charge in [0.1, 0.15) is 0 Å². The van der Waals surface area contributed by atoms with Gasteiger partial charge in [0.25, 0.3) is 5.91 Å². The predicted molar refractivity (Wildman–Crippen MR) is 127 cm³/mol. The molecule has 8 heteroatoms. The quantitative estimate of drug-likeness (QED) is 0.529. The van der Waals surface area contributed by atoms with Crippen LogP contribution in [0.2, 0.25) is 0 Å².